The largest absolute Gasteiger partial charge is 0.396 e. The van der Waals surface area contributed by atoms with Gasteiger partial charge in [-0.25, -0.2) is 4.39 Å². The van der Waals surface area contributed by atoms with E-state index in [1.165, 1.54) is 12.1 Å². The van der Waals surface area contributed by atoms with Crippen molar-refractivity contribution < 1.29 is 14.3 Å². The Labute approximate surface area is 105 Å². The number of ketones is 1. The fourth-order valence-corrected chi connectivity index (χ4v) is 2.23. The number of aliphatic hydroxyl groups is 1. The van der Waals surface area contributed by atoms with Gasteiger partial charge in [-0.2, -0.15) is 11.8 Å². The van der Waals surface area contributed by atoms with Gasteiger partial charge in [0.25, 0.3) is 0 Å². The molecule has 94 valence electrons. The second-order valence-corrected chi connectivity index (χ2v) is 5.40. The van der Waals surface area contributed by atoms with Crippen LogP contribution in [-0.2, 0) is 11.2 Å². The highest BCUT2D eigenvalue weighted by Crippen LogP contribution is 2.14. The minimum absolute atomic E-state index is 0.131. The Hall–Kier alpha value is -0.870. The maximum absolute atomic E-state index is 12.7. The molecule has 1 N–H and O–H groups in total. The Balaban J connectivity index is 2.32. The maximum Gasteiger partial charge on any atom is 0.147 e. The number of benzene rings is 1. The van der Waals surface area contributed by atoms with Crippen LogP contribution in [0.2, 0.25) is 0 Å². The smallest absolute Gasteiger partial charge is 0.147 e. The van der Waals surface area contributed by atoms with Crippen molar-refractivity contribution in [1.82, 2.24) is 0 Å². The highest BCUT2D eigenvalue weighted by molar-refractivity contribution is 8.00. The van der Waals surface area contributed by atoms with Crippen molar-refractivity contribution in [3.8, 4) is 0 Å². The topological polar surface area (TPSA) is 37.3 Å². The lowest BCUT2D eigenvalue weighted by Crippen LogP contribution is -2.09. The molecule has 1 aromatic carbocycles. The van der Waals surface area contributed by atoms with Crippen molar-refractivity contribution >= 4 is 17.5 Å². The van der Waals surface area contributed by atoms with Crippen LogP contribution in [0, 0.1) is 5.82 Å². The molecule has 0 amide bonds. The number of rotatable bonds is 7. The summed E-state index contributed by atoms with van der Waals surface area (Å²) in [7, 11) is 0. The van der Waals surface area contributed by atoms with Crippen LogP contribution in [-0.4, -0.2) is 28.5 Å². The number of aliphatic hydroxyl groups excluding tert-OH is 1. The molecule has 0 saturated heterocycles. The number of Topliss-reactive ketones (excluding diaryl/α,β-unsaturated/α-hetero) is 1. The summed E-state index contributed by atoms with van der Waals surface area (Å²) < 4.78 is 12.7. The van der Waals surface area contributed by atoms with Crippen LogP contribution in [0.4, 0.5) is 4.39 Å². The Morgan fingerprint density at radius 1 is 1.41 bits per heavy atom. The number of thioether (sulfide) groups is 1. The van der Waals surface area contributed by atoms with Crippen molar-refractivity contribution in [3.63, 3.8) is 0 Å². The van der Waals surface area contributed by atoms with Crippen molar-refractivity contribution in [2.75, 3.05) is 12.4 Å². The SMILES string of the molecule is CC(CCO)SCC(=O)Cc1ccc(F)cc1. The van der Waals surface area contributed by atoms with Crippen molar-refractivity contribution in [2.24, 2.45) is 0 Å². The molecule has 0 aliphatic rings. The first kappa shape index (κ1) is 14.2. The van der Waals surface area contributed by atoms with Crippen molar-refractivity contribution in [3.05, 3.63) is 35.6 Å². The molecule has 1 unspecified atom stereocenters. The average molecular weight is 256 g/mol. The van der Waals surface area contributed by atoms with E-state index in [0.29, 0.717) is 18.6 Å². The fourth-order valence-electron chi connectivity index (χ4n) is 1.38. The van der Waals surface area contributed by atoms with Crippen LogP contribution in [0.25, 0.3) is 0 Å². The highest BCUT2D eigenvalue weighted by atomic mass is 32.2. The lowest BCUT2D eigenvalue weighted by molar-refractivity contribution is -0.116. The van der Waals surface area contributed by atoms with E-state index in [1.54, 1.807) is 23.9 Å². The quantitative estimate of drug-likeness (QED) is 0.814. The molecule has 0 aliphatic heterocycles. The summed E-state index contributed by atoms with van der Waals surface area (Å²) in [5, 5.41) is 9.02. The van der Waals surface area contributed by atoms with Gasteiger partial charge in [-0.3, -0.25) is 4.79 Å². The van der Waals surface area contributed by atoms with Gasteiger partial charge in [-0.15, -0.1) is 0 Å². The minimum Gasteiger partial charge on any atom is -0.396 e. The third kappa shape index (κ3) is 5.84. The first-order valence-electron chi connectivity index (χ1n) is 5.60. The summed E-state index contributed by atoms with van der Waals surface area (Å²) in [6.07, 6.45) is 1.05. The number of carbonyl (C=O) groups excluding carboxylic acids is 1. The van der Waals surface area contributed by atoms with E-state index in [0.717, 1.165) is 5.56 Å². The third-order valence-electron chi connectivity index (χ3n) is 2.38. The molecule has 17 heavy (non-hydrogen) atoms. The van der Waals surface area contributed by atoms with Gasteiger partial charge in [0.2, 0.25) is 0 Å². The lowest BCUT2D eigenvalue weighted by atomic mass is 10.1. The van der Waals surface area contributed by atoms with E-state index in [-0.39, 0.29) is 23.5 Å². The molecule has 1 rings (SSSR count). The third-order valence-corrected chi connectivity index (χ3v) is 3.67. The van der Waals surface area contributed by atoms with E-state index in [1.807, 2.05) is 6.92 Å². The lowest BCUT2D eigenvalue weighted by Gasteiger charge is -2.08. The zero-order valence-electron chi connectivity index (χ0n) is 9.86. The molecule has 0 heterocycles. The van der Waals surface area contributed by atoms with E-state index in [2.05, 4.69) is 0 Å². The molecule has 1 aromatic rings. The first-order chi connectivity index (χ1) is 8.11. The molecule has 0 radical (unpaired) electrons. The molecule has 0 fully saturated rings. The van der Waals surface area contributed by atoms with Gasteiger partial charge < -0.3 is 5.11 Å². The molecule has 2 nitrogen and oxygen atoms in total. The van der Waals surface area contributed by atoms with Crippen LogP contribution in [0.5, 0.6) is 0 Å². The van der Waals surface area contributed by atoms with E-state index in [4.69, 9.17) is 5.11 Å². The van der Waals surface area contributed by atoms with E-state index >= 15 is 0 Å². The molecule has 1 atom stereocenters. The number of halogens is 1. The Kier molecular flexibility index (Phi) is 6.22. The van der Waals surface area contributed by atoms with E-state index in [9.17, 15) is 9.18 Å². The van der Waals surface area contributed by atoms with Crippen molar-refractivity contribution in [1.29, 1.82) is 0 Å². The van der Waals surface area contributed by atoms with Crippen LogP contribution >= 0.6 is 11.8 Å². The molecule has 0 aromatic heterocycles. The molecular formula is C13H17FO2S. The molecule has 0 aliphatic carbocycles. The molecular weight excluding hydrogens is 239 g/mol. The summed E-state index contributed by atoms with van der Waals surface area (Å²) in [6, 6.07) is 6.00. The fraction of sp³-hybridized carbons (Fsp3) is 0.462. The van der Waals surface area contributed by atoms with Gasteiger partial charge >= 0.3 is 0 Å². The monoisotopic (exact) mass is 256 g/mol. The van der Waals surface area contributed by atoms with E-state index < -0.39 is 0 Å². The van der Waals surface area contributed by atoms with Gasteiger partial charge in [0.05, 0.1) is 5.75 Å². The Morgan fingerprint density at radius 2 is 2.06 bits per heavy atom. The predicted octanol–water partition coefficient (Wildman–Crippen LogP) is 2.44. The van der Waals surface area contributed by atoms with Gasteiger partial charge in [0.15, 0.2) is 0 Å². The standard InChI is InChI=1S/C13H17FO2S/c1-10(6-7-15)17-9-13(16)8-11-2-4-12(14)5-3-11/h2-5,10,15H,6-9H2,1H3. The zero-order valence-corrected chi connectivity index (χ0v) is 10.7. The highest BCUT2D eigenvalue weighted by Gasteiger charge is 2.07. The minimum atomic E-state index is -0.285. The number of hydrogen-bond acceptors (Lipinski definition) is 3. The van der Waals surface area contributed by atoms with Crippen LogP contribution in [0.1, 0.15) is 18.9 Å². The Morgan fingerprint density at radius 3 is 2.65 bits per heavy atom. The summed E-state index contributed by atoms with van der Waals surface area (Å²) in [5.41, 5.74) is 0.840. The van der Waals surface area contributed by atoms with Crippen LogP contribution in [0.15, 0.2) is 24.3 Å². The summed E-state index contributed by atoms with van der Waals surface area (Å²) >= 11 is 1.55. The summed E-state index contributed by atoms with van der Waals surface area (Å²) in [4.78, 5) is 11.6. The van der Waals surface area contributed by atoms with Gasteiger partial charge in [0, 0.05) is 18.3 Å². The molecule has 0 spiro atoms. The zero-order chi connectivity index (χ0) is 12.7. The molecule has 0 saturated carbocycles. The van der Waals surface area contributed by atoms with Gasteiger partial charge in [-0.1, -0.05) is 19.1 Å². The second kappa shape index (κ2) is 7.45. The maximum atomic E-state index is 12.7. The molecule has 4 heteroatoms. The first-order valence-corrected chi connectivity index (χ1v) is 6.65. The van der Waals surface area contributed by atoms with Gasteiger partial charge in [-0.05, 0) is 24.1 Å². The van der Waals surface area contributed by atoms with Crippen LogP contribution in [0.3, 0.4) is 0 Å². The van der Waals surface area contributed by atoms with Gasteiger partial charge in [0.1, 0.15) is 11.6 Å². The van der Waals surface area contributed by atoms with Crippen molar-refractivity contribution in [2.45, 2.75) is 25.0 Å². The van der Waals surface area contributed by atoms with Crippen LogP contribution < -0.4 is 0 Å². The Bertz CT molecular complexity index is 351. The number of carbonyl (C=O) groups is 1. The normalized spacial score (nSPS) is 12.4. The predicted molar refractivity (Wildman–Crippen MR) is 68.7 cm³/mol. The second-order valence-electron chi connectivity index (χ2n) is 3.98. The average Bonchev–Trinajstić information content (AvgIpc) is 2.30. The summed E-state index contributed by atoms with van der Waals surface area (Å²) in [5.74, 6) is 0.289. The number of hydrogen-bond donors (Lipinski definition) is 1. The summed E-state index contributed by atoms with van der Waals surface area (Å²) in [6.45, 7) is 2.15. The molecule has 0 bridgehead atoms.